The van der Waals surface area contributed by atoms with E-state index in [2.05, 4.69) is 20.0 Å². The molecule has 2 aromatic heterocycles. The molecule has 9 heteroatoms. The first kappa shape index (κ1) is 23.9. The van der Waals surface area contributed by atoms with Crippen LogP contribution in [0.3, 0.4) is 0 Å². The molecule has 2 fully saturated rings. The van der Waals surface area contributed by atoms with E-state index in [1.807, 2.05) is 35.2 Å². The van der Waals surface area contributed by atoms with Gasteiger partial charge in [-0.1, -0.05) is 11.2 Å². The number of likely N-dealkylation sites (tertiary alicyclic amines) is 2. The Morgan fingerprint density at radius 3 is 2.50 bits per heavy atom. The van der Waals surface area contributed by atoms with Gasteiger partial charge in [-0.25, -0.2) is 9.97 Å². The lowest BCUT2D eigenvalue weighted by Gasteiger charge is -2.37. The van der Waals surface area contributed by atoms with Crippen molar-refractivity contribution in [1.82, 2.24) is 19.8 Å². The quantitative estimate of drug-likeness (QED) is 0.494. The number of nitrogens with two attached hydrogens (primary N) is 1. The number of nitrogens with zero attached hydrogens (tertiary/aromatic N) is 5. The summed E-state index contributed by atoms with van der Waals surface area (Å²) in [6, 6.07) is 9.56. The third kappa shape index (κ3) is 5.83. The number of pyridine rings is 2. The average molecular weight is 467 g/mol. The first-order valence-corrected chi connectivity index (χ1v) is 11.9. The van der Waals surface area contributed by atoms with E-state index >= 15 is 0 Å². The SMILES string of the molecule is CON=C(c1cccc(OC)n1)C1CCN(C(=O)C2CCN(Cc3ccnc(N)c3)CC2)CC1. The topological polar surface area (TPSA) is 106 Å². The van der Waals surface area contributed by atoms with Crippen LogP contribution in [-0.2, 0) is 16.2 Å². The molecule has 2 aliphatic heterocycles. The molecule has 1 amide bonds. The van der Waals surface area contributed by atoms with Gasteiger partial charge < -0.3 is 20.2 Å². The number of rotatable bonds is 7. The summed E-state index contributed by atoms with van der Waals surface area (Å²) in [6.07, 6.45) is 5.22. The van der Waals surface area contributed by atoms with Crippen LogP contribution < -0.4 is 10.5 Å². The molecule has 0 bridgehead atoms. The van der Waals surface area contributed by atoms with E-state index in [0.717, 1.165) is 69.8 Å². The van der Waals surface area contributed by atoms with E-state index in [4.69, 9.17) is 15.3 Å². The largest absolute Gasteiger partial charge is 0.481 e. The second-order valence-electron chi connectivity index (χ2n) is 8.96. The molecule has 0 radical (unpaired) electrons. The summed E-state index contributed by atoms with van der Waals surface area (Å²) in [5, 5.41) is 4.28. The molecule has 0 saturated carbocycles. The van der Waals surface area contributed by atoms with E-state index in [-0.39, 0.29) is 17.7 Å². The highest BCUT2D eigenvalue weighted by atomic mass is 16.6. The zero-order chi connectivity index (χ0) is 23.9. The van der Waals surface area contributed by atoms with Gasteiger partial charge in [0.15, 0.2) is 0 Å². The Bertz CT molecular complexity index is 998. The lowest BCUT2D eigenvalue weighted by Crippen LogP contribution is -2.46. The molecule has 2 N–H and O–H groups in total. The van der Waals surface area contributed by atoms with Gasteiger partial charge in [0, 0.05) is 43.7 Å². The third-order valence-electron chi connectivity index (χ3n) is 6.77. The first-order chi connectivity index (χ1) is 16.6. The molecule has 0 spiro atoms. The van der Waals surface area contributed by atoms with Crippen LogP contribution in [0.15, 0.2) is 41.7 Å². The van der Waals surface area contributed by atoms with Gasteiger partial charge in [-0.15, -0.1) is 0 Å². The number of nitrogen functional groups attached to an aromatic ring is 1. The minimum absolute atomic E-state index is 0.0995. The Kier molecular flexibility index (Phi) is 7.95. The number of carbonyl (C=O) groups excluding carboxylic acids is 1. The minimum atomic E-state index is 0.0995. The number of hydrogen-bond donors (Lipinski definition) is 1. The number of oxime groups is 1. The van der Waals surface area contributed by atoms with Crippen molar-refractivity contribution >= 4 is 17.4 Å². The van der Waals surface area contributed by atoms with E-state index in [9.17, 15) is 4.79 Å². The van der Waals surface area contributed by atoms with Crippen molar-refractivity contribution in [2.45, 2.75) is 32.2 Å². The monoisotopic (exact) mass is 466 g/mol. The van der Waals surface area contributed by atoms with E-state index in [1.54, 1.807) is 20.4 Å². The number of aromatic nitrogens is 2. The predicted octanol–water partition coefficient (Wildman–Crippen LogP) is 2.57. The normalized spacial score (nSPS) is 18.6. The van der Waals surface area contributed by atoms with Crippen molar-refractivity contribution in [3.63, 3.8) is 0 Å². The standard InChI is InChI=1S/C25H34N6O3/c1-33-23-5-3-4-21(28-23)24(29-34-2)19-9-14-31(15-10-19)25(32)20-7-12-30(13-8-20)17-18-6-11-27-22(26)16-18/h3-6,11,16,19-20H,7-10,12-15,17H2,1-2H3,(H2,26,27). The molecule has 2 aliphatic rings. The van der Waals surface area contributed by atoms with Crippen molar-refractivity contribution in [1.29, 1.82) is 0 Å². The summed E-state index contributed by atoms with van der Waals surface area (Å²) in [6.45, 7) is 4.14. The Morgan fingerprint density at radius 1 is 1.09 bits per heavy atom. The van der Waals surface area contributed by atoms with Crippen molar-refractivity contribution in [2.24, 2.45) is 17.0 Å². The number of anilines is 1. The smallest absolute Gasteiger partial charge is 0.225 e. The zero-order valence-corrected chi connectivity index (χ0v) is 20.0. The molecule has 0 aromatic carbocycles. The molecule has 34 heavy (non-hydrogen) atoms. The molecular formula is C25H34N6O3. The van der Waals surface area contributed by atoms with Crippen LogP contribution in [0.4, 0.5) is 5.82 Å². The maximum atomic E-state index is 13.2. The summed E-state index contributed by atoms with van der Waals surface area (Å²) in [5.41, 5.74) is 8.54. The molecule has 2 saturated heterocycles. The lowest BCUT2D eigenvalue weighted by molar-refractivity contribution is -0.138. The fourth-order valence-corrected chi connectivity index (χ4v) is 4.92. The van der Waals surface area contributed by atoms with Gasteiger partial charge in [-0.3, -0.25) is 9.69 Å². The second kappa shape index (κ2) is 11.3. The van der Waals surface area contributed by atoms with Crippen molar-refractivity contribution in [2.75, 3.05) is 46.1 Å². The summed E-state index contributed by atoms with van der Waals surface area (Å²) >= 11 is 0. The van der Waals surface area contributed by atoms with Crippen LogP contribution in [0.2, 0.25) is 0 Å². The van der Waals surface area contributed by atoms with Gasteiger partial charge >= 0.3 is 0 Å². The molecule has 0 unspecified atom stereocenters. The van der Waals surface area contributed by atoms with Crippen LogP contribution in [0.1, 0.15) is 36.9 Å². The molecule has 2 aromatic rings. The van der Waals surface area contributed by atoms with Crippen LogP contribution in [0.25, 0.3) is 0 Å². The molecule has 0 atom stereocenters. The molecule has 9 nitrogen and oxygen atoms in total. The Labute approximate surface area is 200 Å². The molecular weight excluding hydrogens is 432 g/mol. The van der Waals surface area contributed by atoms with Gasteiger partial charge in [-0.05, 0) is 62.5 Å². The third-order valence-corrected chi connectivity index (χ3v) is 6.77. The Balaban J connectivity index is 1.29. The van der Waals surface area contributed by atoms with Crippen LogP contribution >= 0.6 is 0 Å². The maximum Gasteiger partial charge on any atom is 0.225 e. The number of piperidine rings is 2. The van der Waals surface area contributed by atoms with Crippen LogP contribution in [0, 0.1) is 11.8 Å². The van der Waals surface area contributed by atoms with Gasteiger partial charge in [0.1, 0.15) is 18.6 Å². The highest BCUT2D eigenvalue weighted by molar-refractivity contribution is 6.00. The van der Waals surface area contributed by atoms with Gasteiger partial charge in [-0.2, -0.15) is 0 Å². The van der Waals surface area contributed by atoms with Crippen LogP contribution in [0.5, 0.6) is 5.88 Å². The maximum absolute atomic E-state index is 13.2. The van der Waals surface area contributed by atoms with Crippen LogP contribution in [-0.4, -0.2) is 71.8 Å². The number of carbonyl (C=O) groups is 1. The summed E-state index contributed by atoms with van der Waals surface area (Å²) < 4.78 is 5.26. The Morgan fingerprint density at radius 2 is 1.82 bits per heavy atom. The second-order valence-corrected chi connectivity index (χ2v) is 8.96. The highest BCUT2D eigenvalue weighted by Gasteiger charge is 2.33. The number of hydrogen-bond acceptors (Lipinski definition) is 8. The summed E-state index contributed by atoms with van der Waals surface area (Å²) in [7, 11) is 3.15. The zero-order valence-electron chi connectivity index (χ0n) is 20.0. The van der Waals surface area contributed by atoms with E-state index < -0.39 is 0 Å². The van der Waals surface area contributed by atoms with Crippen molar-refractivity contribution in [3.8, 4) is 5.88 Å². The van der Waals surface area contributed by atoms with E-state index in [1.165, 1.54) is 5.56 Å². The summed E-state index contributed by atoms with van der Waals surface area (Å²) in [5.74, 6) is 1.68. The molecule has 4 rings (SSSR count). The minimum Gasteiger partial charge on any atom is -0.481 e. The number of methoxy groups -OCH3 is 1. The number of amides is 1. The number of ether oxygens (including phenoxy) is 1. The van der Waals surface area contributed by atoms with Crippen molar-refractivity contribution < 1.29 is 14.4 Å². The summed E-state index contributed by atoms with van der Waals surface area (Å²) in [4.78, 5) is 31.3. The first-order valence-electron chi connectivity index (χ1n) is 11.9. The fraction of sp³-hybridized carbons (Fsp3) is 0.520. The molecule has 4 heterocycles. The lowest BCUT2D eigenvalue weighted by atomic mass is 9.88. The van der Waals surface area contributed by atoms with E-state index in [0.29, 0.717) is 11.7 Å². The Hall–Kier alpha value is -3.20. The van der Waals surface area contributed by atoms with Crippen molar-refractivity contribution in [3.05, 3.63) is 47.8 Å². The molecule has 0 aliphatic carbocycles. The van der Waals surface area contributed by atoms with Gasteiger partial charge in [0.2, 0.25) is 11.8 Å². The molecule has 182 valence electrons. The van der Waals surface area contributed by atoms with Gasteiger partial charge in [0.05, 0.1) is 12.8 Å². The van der Waals surface area contributed by atoms with Gasteiger partial charge in [0.25, 0.3) is 0 Å². The predicted molar refractivity (Wildman–Crippen MR) is 130 cm³/mol. The fourth-order valence-electron chi connectivity index (χ4n) is 4.92. The average Bonchev–Trinajstić information content (AvgIpc) is 2.87. The highest BCUT2D eigenvalue weighted by Crippen LogP contribution is 2.27.